The Kier molecular flexibility index (Phi) is 8.40. The Morgan fingerprint density at radius 3 is 2.26 bits per heavy atom. The predicted octanol–water partition coefficient (Wildman–Crippen LogP) is 3.05. The first-order chi connectivity index (χ1) is 8.45. The molecule has 0 aliphatic rings. The van der Waals surface area contributed by atoms with E-state index >= 15 is 0 Å². The minimum atomic E-state index is 0. The van der Waals surface area contributed by atoms with Crippen LogP contribution in [0.3, 0.4) is 0 Å². The van der Waals surface area contributed by atoms with Crippen LogP contribution in [-0.4, -0.2) is 51.1 Å². The zero-order valence-electron chi connectivity index (χ0n) is 12.0. The van der Waals surface area contributed by atoms with E-state index in [4.69, 9.17) is 4.74 Å². The van der Waals surface area contributed by atoms with Crippen molar-refractivity contribution in [1.29, 1.82) is 0 Å². The van der Waals surface area contributed by atoms with Gasteiger partial charge in [-0.3, -0.25) is 0 Å². The summed E-state index contributed by atoms with van der Waals surface area (Å²) in [6, 6.07) is 5.94. The van der Waals surface area contributed by atoms with Crippen molar-refractivity contribution >= 4 is 45.9 Å². The summed E-state index contributed by atoms with van der Waals surface area (Å²) in [6.45, 7) is 0.592. The van der Waals surface area contributed by atoms with Gasteiger partial charge in [-0.05, 0) is 18.2 Å². The van der Waals surface area contributed by atoms with Crippen molar-refractivity contribution in [1.82, 2.24) is 9.80 Å². The maximum Gasteiger partial charge on any atom is 0.195 e. The first-order valence-electron chi connectivity index (χ1n) is 5.67. The Balaban J connectivity index is 0.00000324. The highest BCUT2D eigenvalue weighted by molar-refractivity contribution is 14.0. The van der Waals surface area contributed by atoms with Gasteiger partial charge in [-0.25, -0.2) is 4.99 Å². The quantitative estimate of drug-likeness (QED) is 0.410. The number of ether oxygens (including phenoxy) is 1. The highest BCUT2D eigenvalue weighted by Crippen LogP contribution is 2.23. The van der Waals surface area contributed by atoms with Crippen LogP contribution >= 0.6 is 39.9 Å². The van der Waals surface area contributed by atoms with Crippen LogP contribution in [0.5, 0.6) is 5.75 Å². The van der Waals surface area contributed by atoms with Gasteiger partial charge in [-0.15, -0.1) is 24.0 Å². The molecule has 0 saturated heterocycles. The first-order valence-corrected chi connectivity index (χ1v) is 6.46. The van der Waals surface area contributed by atoms with Crippen molar-refractivity contribution in [2.75, 3.05) is 35.3 Å². The molecule has 0 fully saturated rings. The van der Waals surface area contributed by atoms with Gasteiger partial charge >= 0.3 is 0 Å². The van der Waals surface area contributed by atoms with E-state index in [1.165, 1.54) is 0 Å². The summed E-state index contributed by atoms with van der Waals surface area (Å²) < 4.78 is 6.37. The fraction of sp³-hybridized carbons (Fsp3) is 0.462. The van der Waals surface area contributed by atoms with Crippen molar-refractivity contribution in [3.05, 3.63) is 28.2 Å². The number of halogens is 2. The van der Waals surface area contributed by atoms with Gasteiger partial charge < -0.3 is 14.5 Å². The first kappa shape index (κ1) is 18.5. The van der Waals surface area contributed by atoms with Crippen molar-refractivity contribution < 1.29 is 4.74 Å². The third-order valence-electron chi connectivity index (χ3n) is 2.43. The topological polar surface area (TPSA) is 28.1 Å². The molecule has 0 aromatic heterocycles. The third kappa shape index (κ3) is 5.56. The van der Waals surface area contributed by atoms with Crippen molar-refractivity contribution in [2.24, 2.45) is 4.99 Å². The Morgan fingerprint density at radius 1 is 1.21 bits per heavy atom. The highest BCUT2D eigenvalue weighted by atomic mass is 127. The molecule has 19 heavy (non-hydrogen) atoms. The van der Waals surface area contributed by atoms with Crippen LogP contribution in [0.4, 0.5) is 0 Å². The van der Waals surface area contributed by atoms with Gasteiger partial charge in [0.05, 0.1) is 13.7 Å². The van der Waals surface area contributed by atoms with Gasteiger partial charge in [-0.1, -0.05) is 15.9 Å². The lowest BCUT2D eigenvalue weighted by atomic mass is 10.2. The molecule has 1 aromatic rings. The zero-order valence-corrected chi connectivity index (χ0v) is 15.9. The number of hydrogen-bond donors (Lipinski definition) is 0. The Bertz CT molecular complexity index is 426. The molecule has 4 nitrogen and oxygen atoms in total. The number of hydrogen-bond acceptors (Lipinski definition) is 2. The smallest absolute Gasteiger partial charge is 0.195 e. The monoisotopic (exact) mass is 441 g/mol. The van der Waals surface area contributed by atoms with Gasteiger partial charge in [-0.2, -0.15) is 0 Å². The summed E-state index contributed by atoms with van der Waals surface area (Å²) >= 11 is 3.47. The number of guanidine groups is 1. The van der Waals surface area contributed by atoms with Crippen LogP contribution in [0.2, 0.25) is 0 Å². The van der Waals surface area contributed by atoms with E-state index in [1.54, 1.807) is 7.11 Å². The molecule has 0 radical (unpaired) electrons. The third-order valence-corrected chi connectivity index (χ3v) is 2.93. The normalized spacial score (nSPS) is 9.37. The Hall–Kier alpha value is -0.500. The number of rotatable bonds is 3. The lowest BCUT2D eigenvalue weighted by Crippen LogP contribution is -2.35. The lowest BCUT2D eigenvalue weighted by molar-refractivity contribution is 0.409. The van der Waals surface area contributed by atoms with Crippen LogP contribution in [0.25, 0.3) is 0 Å². The van der Waals surface area contributed by atoms with E-state index in [1.807, 2.05) is 56.2 Å². The molecule has 6 heteroatoms. The largest absolute Gasteiger partial charge is 0.496 e. The summed E-state index contributed by atoms with van der Waals surface area (Å²) in [6.07, 6.45) is 0. The van der Waals surface area contributed by atoms with E-state index < -0.39 is 0 Å². The van der Waals surface area contributed by atoms with Crippen LogP contribution in [-0.2, 0) is 6.54 Å². The SMILES string of the molecule is COc1ccc(Br)cc1CN=C(N(C)C)N(C)C.I. The van der Waals surface area contributed by atoms with Gasteiger partial charge in [0.2, 0.25) is 0 Å². The van der Waals surface area contributed by atoms with Gasteiger partial charge in [0, 0.05) is 38.2 Å². The van der Waals surface area contributed by atoms with Crippen molar-refractivity contribution in [2.45, 2.75) is 6.54 Å². The number of methoxy groups -OCH3 is 1. The number of aliphatic imine (C=N–C) groups is 1. The lowest BCUT2D eigenvalue weighted by Gasteiger charge is -2.22. The molecular weight excluding hydrogens is 421 g/mol. The molecule has 0 unspecified atom stereocenters. The highest BCUT2D eigenvalue weighted by Gasteiger charge is 2.07. The van der Waals surface area contributed by atoms with Crippen LogP contribution in [0.15, 0.2) is 27.7 Å². The molecule has 0 amide bonds. The number of nitrogens with zero attached hydrogens (tertiary/aromatic N) is 3. The summed E-state index contributed by atoms with van der Waals surface area (Å²) in [7, 11) is 9.61. The predicted molar refractivity (Wildman–Crippen MR) is 94.6 cm³/mol. The fourth-order valence-electron chi connectivity index (χ4n) is 1.71. The van der Waals surface area contributed by atoms with Crippen molar-refractivity contribution in [3.8, 4) is 5.75 Å². The van der Waals surface area contributed by atoms with E-state index in [0.29, 0.717) is 6.54 Å². The van der Waals surface area contributed by atoms with Gasteiger partial charge in [0.15, 0.2) is 5.96 Å². The Morgan fingerprint density at radius 2 is 1.79 bits per heavy atom. The van der Waals surface area contributed by atoms with Crippen LogP contribution in [0, 0.1) is 0 Å². The van der Waals surface area contributed by atoms with Crippen LogP contribution in [0.1, 0.15) is 5.56 Å². The van der Waals surface area contributed by atoms with E-state index in [0.717, 1.165) is 21.7 Å². The molecule has 0 heterocycles. The summed E-state index contributed by atoms with van der Waals surface area (Å²) in [5.74, 6) is 1.79. The second kappa shape index (κ2) is 8.63. The zero-order chi connectivity index (χ0) is 13.7. The standard InChI is InChI=1S/C13H20BrN3O.HI/c1-16(2)13(17(3)4)15-9-10-8-11(14)6-7-12(10)18-5;/h6-8H,9H2,1-5H3;1H. The molecule has 108 valence electrons. The molecule has 0 bridgehead atoms. The Labute approximate surface area is 141 Å². The van der Waals surface area contributed by atoms with Gasteiger partial charge in [0.1, 0.15) is 5.75 Å². The summed E-state index contributed by atoms with van der Waals surface area (Å²) in [4.78, 5) is 8.59. The average molecular weight is 442 g/mol. The second-order valence-electron chi connectivity index (χ2n) is 4.36. The molecular formula is C13H21BrIN3O. The molecule has 0 N–H and O–H groups in total. The van der Waals surface area contributed by atoms with Crippen LogP contribution < -0.4 is 4.74 Å². The molecule has 0 saturated carbocycles. The molecule has 0 atom stereocenters. The summed E-state index contributed by atoms with van der Waals surface area (Å²) in [5, 5.41) is 0. The molecule has 0 aliphatic carbocycles. The van der Waals surface area contributed by atoms with Crippen molar-refractivity contribution in [3.63, 3.8) is 0 Å². The van der Waals surface area contributed by atoms with E-state index in [9.17, 15) is 0 Å². The minimum Gasteiger partial charge on any atom is -0.496 e. The van der Waals surface area contributed by atoms with E-state index in [2.05, 4.69) is 20.9 Å². The van der Waals surface area contributed by atoms with Gasteiger partial charge in [0.25, 0.3) is 0 Å². The summed E-state index contributed by atoms with van der Waals surface area (Å²) in [5.41, 5.74) is 1.06. The molecule has 1 rings (SSSR count). The molecule has 0 aliphatic heterocycles. The fourth-order valence-corrected chi connectivity index (χ4v) is 2.12. The average Bonchev–Trinajstić information content (AvgIpc) is 2.28. The maximum atomic E-state index is 5.34. The molecule has 0 spiro atoms. The number of benzene rings is 1. The second-order valence-corrected chi connectivity index (χ2v) is 5.28. The maximum absolute atomic E-state index is 5.34. The van der Waals surface area contributed by atoms with E-state index in [-0.39, 0.29) is 24.0 Å². The molecule has 1 aromatic carbocycles. The minimum absolute atomic E-state index is 0.